The first-order chi connectivity index (χ1) is 9.90. The normalized spacial score (nSPS) is 11.3. The van der Waals surface area contributed by atoms with Crippen molar-refractivity contribution < 1.29 is 14.3 Å². The molecule has 0 unspecified atom stereocenters. The quantitative estimate of drug-likeness (QED) is 0.387. The number of nitrogens with two attached hydrogens (primary N) is 1. The van der Waals surface area contributed by atoms with E-state index in [4.69, 9.17) is 27.3 Å². The zero-order valence-electron chi connectivity index (χ0n) is 11.5. The van der Waals surface area contributed by atoms with Crippen LogP contribution in [0.5, 0.6) is 0 Å². The molecule has 0 heterocycles. The summed E-state index contributed by atoms with van der Waals surface area (Å²) in [6.45, 7) is 0.868. The minimum absolute atomic E-state index is 0.0842. The molecule has 21 heavy (non-hydrogen) atoms. The highest BCUT2D eigenvalue weighted by molar-refractivity contribution is 7.98. The second kappa shape index (κ2) is 7.72. The van der Waals surface area contributed by atoms with Gasteiger partial charge in [0.2, 0.25) is 5.78 Å². The van der Waals surface area contributed by atoms with E-state index in [2.05, 4.69) is 0 Å². The van der Waals surface area contributed by atoms with E-state index in [0.717, 1.165) is 4.90 Å². The van der Waals surface area contributed by atoms with E-state index in [1.54, 1.807) is 24.3 Å². The van der Waals surface area contributed by atoms with Crippen molar-refractivity contribution in [3.63, 3.8) is 0 Å². The Labute approximate surface area is 131 Å². The summed E-state index contributed by atoms with van der Waals surface area (Å²) in [5.41, 5.74) is 5.44. The molecule has 0 atom stereocenters. The summed E-state index contributed by atoms with van der Waals surface area (Å²) in [4.78, 5) is 24.4. The number of carbonyl (C=O) groups is 2. The summed E-state index contributed by atoms with van der Waals surface area (Å²) < 4.78 is 4.88. The number of benzene rings is 1. The molecule has 0 radical (unpaired) electrons. The standard InChI is InChI=1S/C14H13ClN2O3S/c1-8(17)11(6-16)13(18)7-20-14(19)10-5-9(21-2)3-4-12(10)15/h3-5H,7,17H2,1-2H3. The summed E-state index contributed by atoms with van der Waals surface area (Å²) in [6.07, 6.45) is 1.86. The van der Waals surface area contributed by atoms with Crippen LogP contribution in [-0.4, -0.2) is 24.6 Å². The third-order valence-corrected chi connectivity index (χ3v) is 3.57. The number of nitrogens with zero attached hydrogens (tertiary/aromatic N) is 1. The molecule has 0 aliphatic heterocycles. The van der Waals surface area contributed by atoms with Crippen molar-refractivity contribution in [2.75, 3.05) is 12.9 Å². The number of thioether (sulfide) groups is 1. The first-order valence-electron chi connectivity index (χ1n) is 5.81. The van der Waals surface area contributed by atoms with Crippen molar-refractivity contribution in [2.24, 2.45) is 5.73 Å². The lowest BCUT2D eigenvalue weighted by Gasteiger charge is -2.07. The van der Waals surface area contributed by atoms with E-state index in [0.29, 0.717) is 0 Å². The van der Waals surface area contributed by atoms with Gasteiger partial charge in [0.25, 0.3) is 0 Å². The van der Waals surface area contributed by atoms with Crippen LogP contribution in [0.25, 0.3) is 0 Å². The molecular weight excluding hydrogens is 312 g/mol. The van der Waals surface area contributed by atoms with Gasteiger partial charge in [-0.25, -0.2) is 4.79 Å². The molecule has 0 aromatic heterocycles. The Morgan fingerprint density at radius 2 is 2.14 bits per heavy atom. The van der Waals surface area contributed by atoms with Crippen LogP contribution >= 0.6 is 23.4 Å². The highest BCUT2D eigenvalue weighted by Crippen LogP contribution is 2.23. The number of Topliss-reactive ketones (excluding diaryl/α,β-unsaturated/α-hetero) is 1. The van der Waals surface area contributed by atoms with Crippen LogP contribution in [0.1, 0.15) is 17.3 Å². The Morgan fingerprint density at radius 1 is 1.48 bits per heavy atom. The highest BCUT2D eigenvalue weighted by atomic mass is 35.5. The third kappa shape index (κ3) is 4.52. The van der Waals surface area contributed by atoms with E-state index in [1.807, 2.05) is 6.26 Å². The minimum Gasteiger partial charge on any atom is -0.454 e. The lowest BCUT2D eigenvalue weighted by atomic mass is 10.1. The predicted molar refractivity (Wildman–Crippen MR) is 81.0 cm³/mol. The molecule has 0 aliphatic carbocycles. The maximum atomic E-state index is 11.9. The zero-order valence-corrected chi connectivity index (χ0v) is 13.0. The number of hydrogen-bond acceptors (Lipinski definition) is 6. The summed E-state index contributed by atoms with van der Waals surface area (Å²) in [6, 6.07) is 6.60. The molecule has 0 saturated heterocycles. The third-order valence-electron chi connectivity index (χ3n) is 2.51. The van der Waals surface area contributed by atoms with Crippen LogP contribution in [0, 0.1) is 11.3 Å². The Kier molecular flexibility index (Phi) is 6.28. The number of ether oxygens (including phenoxy) is 1. The first kappa shape index (κ1) is 17.1. The first-order valence-corrected chi connectivity index (χ1v) is 7.41. The highest BCUT2D eigenvalue weighted by Gasteiger charge is 2.17. The summed E-state index contributed by atoms with van der Waals surface area (Å²) in [5.74, 6) is -1.38. The summed E-state index contributed by atoms with van der Waals surface area (Å²) >= 11 is 7.37. The number of carbonyl (C=O) groups excluding carboxylic acids is 2. The molecule has 1 aromatic carbocycles. The van der Waals surface area contributed by atoms with Gasteiger partial charge in [-0.2, -0.15) is 5.26 Å². The van der Waals surface area contributed by atoms with Crippen LogP contribution < -0.4 is 5.73 Å². The van der Waals surface area contributed by atoms with Crippen molar-refractivity contribution in [3.8, 4) is 6.07 Å². The number of esters is 1. The zero-order chi connectivity index (χ0) is 16.0. The molecule has 0 saturated carbocycles. The Bertz CT molecular complexity index is 646. The number of rotatable bonds is 5. The van der Waals surface area contributed by atoms with Gasteiger partial charge in [-0.15, -0.1) is 11.8 Å². The maximum Gasteiger partial charge on any atom is 0.340 e. The van der Waals surface area contributed by atoms with Crippen LogP contribution in [0.3, 0.4) is 0 Å². The molecule has 0 aliphatic rings. The van der Waals surface area contributed by atoms with Gasteiger partial charge in [-0.05, 0) is 31.4 Å². The number of hydrogen-bond donors (Lipinski definition) is 1. The van der Waals surface area contributed by atoms with Crippen molar-refractivity contribution in [2.45, 2.75) is 11.8 Å². The molecule has 1 aromatic rings. The maximum absolute atomic E-state index is 11.9. The second-order valence-corrected chi connectivity index (χ2v) is 5.30. The van der Waals surface area contributed by atoms with Gasteiger partial charge in [0, 0.05) is 10.6 Å². The smallest absolute Gasteiger partial charge is 0.340 e. The lowest BCUT2D eigenvalue weighted by molar-refractivity contribution is -0.118. The van der Waals surface area contributed by atoms with Gasteiger partial charge in [0.15, 0.2) is 6.61 Å². The molecule has 5 nitrogen and oxygen atoms in total. The van der Waals surface area contributed by atoms with E-state index in [1.165, 1.54) is 18.7 Å². The average Bonchev–Trinajstić information content (AvgIpc) is 2.45. The molecule has 1 rings (SSSR count). The molecule has 0 bridgehead atoms. The number of ketones is 1. The number of nitriles is 1. The summed E-state index contributed by atoms with van der Waals surface area (Å²) in [5, 5.41) is 9.02. The molecule has 0 amide bonds. The van der Waals surface area contributed by atoms with Crippen molar-refractivity contribution in [3.05, 3.63) is 40.1 Å². The van der Waals surface area contributed by atoms with Gasteiger partial charge < -0.3 is 10.5 Å². The van der Waals surface area contributed by atoms with Gasteiger partial charge in [-0.1, -0.05) is 11.6 Å². The van der Waals surface area contributed by atoms with E-state index in [9.17, 15) is 9.59 Å². The van der Waals surface area contributed by atoms with Gasteiger partial charge >= 0.3 is 5.97 Å². The SMILES string of the molecule is CSc1ccc(Cl)c(C(=O)OCC(=O)C(C#N)=C(C)N)c1. The average molecular weight is 325 g/mol. The molecule has 0 fully saturated rings. The van der Waals surface area contributed by atoms with Gasteiger partial charge in [0.05, 0.1) is 10.6 Å². The van der Waals surface area contributed by atoms with Crippen molar-refractivity contribution in [1.29, 1.82) is 5.26 Å². The molecule has 7 heteroatoms. The minimum atomic E-state index is -0.726. The van der Waals surface area contributed by atoms with Crippen LogP contribution in [-0.2, 0) is 9.53 Å². The molecule has 2 N–H and O–H groups in total. The largest absolute Gasteiger partial charge is 0.454 e. The monoisotopic (exact) mass is 324 g/mol. The van der Waals surface area contributed by atoms with E-state index < -0.39 is 18.4 Å². The van der Waals surface area contributed by atoms with Crippen LogP contribution in [0.4, 0.5) is 0 Å². The summed E-state index contributed by atoms with van der Waals surface area (Å²) in [7, 11) is 0. The Morgan fingerprint density at radius 3 is 2.67 bits per heavy atom. The van der Waals surface area contributed by atoms with Crippen molar-refractivity contribution in [1.82, 2.24) is 0 Å². The van der Waals surface area contributed by atoms with Crippen molar-refractivity contribution >= 4 is 35.1 Å². The Hall–Kier alpha value is -1.97. The number of allylic oxidation sites excluding steroid dienone is 1. The Balaban J connectivity index is 2.82. The molecule has 110 valence electrons. The molecule has 0 spiro atoms. The fourth-order valence-corrected chi connectivity index (χ4v) is 2.07. The predicted octanol–water partition coefficient (Wildman–Crippen LogP) is 2.54. The molecular formula is C14H13ClN2O3S. The fraction of sp³-hybridized carbons (Fsp3) is 0.214. The number of halogens is 1. The topological polar surface area (TPSA) is 93.2 Å². The van der Waals surface area contributed by atoms with E-state index in [-0.39, 0.29) is 21.9 Å². The van der Waals surface area contributed by atoms with Crippen LogP contribution in [0.2, 0.25) is 5.02 Å². The second-order valence-electron chi connectivity index (χ2n) is 4.01. The van der Waals surface area contributed by atoms with Gasteiger partial charge in [0.1, 0.15) is 11.6 Å². The van der Waals surface area contributed by atoms with Crippen LogP contribution in [0.15, 0.2) is 34.4 Å². The van der Waals surface area contributed by atoms with Gasteiger partial charge in [-0.3, -0.25) is 4.79 Å². The lowest BCUT2D eigenvalue weighted by Crippen LogP contribution is -2.17. The van der Waals surface area contributed by atoms with E-state index >= 15 is 0 Å². The fourth-order valence-electron chi connectivity index (χ4n) is 1.44.